The van der Waals surface area contributed by atoms with Crippen molar-refractivity contribution < 1.29 is 28.5 Å². The Hall–Kier alpha value is -4.06. The Kier molecular flexibility index (Phi) is 6.16. The van der Waals surface area contributed by atoms with Crippen LogP contribution in [0.4, 0.5) is 0 Å². The Balaban J connectivity index is 2.28. The van der Waals surface area contributed by atoms with Crippen LogP contribution in [0.1, 0.15) is 31.8 Å². The molecule has 0 saturated carbocycles. The number of fused-ring (bicyclic) bond motifs is 2. The molecule has 0 aliphatic rings. The van der Waals surface area contributed by atoms with E-state index in [1.807, 2.05) is 50.2 Å². The largest absolute Gasteiger partial charge is 0.496 e. The second kappa shape index (κ2) is 9.06. The first-order chi connectivity index (χ1) is 16.3. The predicted octanol–water partition coefficient (Wildman–Crippen LogP) is 5.87. The quantitative estimate of drug-likeness (QED) is 0.349. The number of rotatable bonds is 5. The molecule has 0 radical (unpaired) electrons. The molecule has 34 heavy (non-hydrogen) atoms. The van der Waals surface area contributed by atoms with Crippen molar-refractivity contribution in [3.63, 3.8) is 0 Å². The summed E-state index contributed by atoms with van der Waals surface area (Å²) in [4.78, 5) is 25.9. The van der Waals surface area contributed by atoms with Crippen molar-refractivity contribution in [2.24, 2.45) is 0 Å². The molecule has 4 aromatic rings. The van der Waals surface area contributed by atoms with Gasteiger partial charge in [0.05, 0.1) is 39.6 Å². The summed E-state index contributed by atoms with van der Waals surface area (Å²) in [6, 6.07) is 14.9. The molecule has 0 N–H and O–H groups in total. The zero-order valence-electron chi connectivity index (χ0n) is 20.1. The molecule has 0 aliphatic heterocycles. The number of aryl methyl sites for hydroxylation is 2. The van der Waals surface area contributed by atoms with Crippen LogP contribution in [0.3, 0.4) is 0 Å². The average molecular weight is 459 g/mol. The summed E-state index contributed by atoms with van der Waals surface area (Å²) in [5.41, 5.74) is 3.71. The first-order valence-electron chi connectivity index (χ1n) is 10.7. The van der Waals surface area contributed by atoms with E-state index in [0.717, 1.165) is 32.7 Å². The molecule has 0 atom stereocenters. The van der Waals surface area contributed by atoms with E-state index in [0.29, 0.717) is 33.8 Å². The van der Waals surface area contributed by atoms with Gasteiger partial charge in [0.25, 0.3) is 0 Å². The molecule has 0 aromatic heterocycles. The van der Waals surface area contributed by atoms with Gasteiger partial charge in [0.15, 0.2) is 0 Å². The Morgan fingerprint density at radius 1 is 0.588 bits per heavy atom. The van der Waals surface area contributed by atoms with Crippen molar-refractivity contribution in [3.05, 3.63) is 70.8 Å². The van der Waals surface area contributed by atoms with E-state index < -0.39 is 11.9 Å². The Labute approximate surface area is 198 Å². The van der Waals surface area contributed by atoms with E-state index in [-0.39, 0.29) is 0 Å². The topological polar surface area (TPSA) is 71.1 Å². The summed E-state index contributed by atoms with van der Waals surface area (Å²) < 4.78 is 21.4. The Morgan fingerprint density at radius 3 is 1.29 bits per heavy atom. The lowest BCUT2D eigenvalue weighted by atomic mass is 9.86. The molecular formula is C28H26O6. The van der Waals surface area contributed by atoms with Gasteiger partial charge in [-0.1, -0.05) is 12.1 Å². The van der Waals surface area contributed by atoms with E-state index in [4.69, 9.17) is 18.9 Å². The molecule has 174 valence electrons. The van der Waals surface area contributed by atoms with Gasteiger partial charge >= 0.3 is 11.9 Å². The first kappa shape index (κ1) is 23.1. The number of hydrogen-bond donors (Lipinski definition) is 0. The number of ether oxygens (including phenoxy) is 4. The minimum absolute atomic E-state index is 0.332. The van der Waals surface area contributed by atoms with Crippen LogP contribution in [0.2, 0.25) is 0 Å². The highest BCUT2D eigenvalue weighted by atomic mass is 16.5. The van der Waals surface area contributed by atoms with Crippen molar-refractivity contribution >= 4 is 33.5 Å². The van der Waals surface area contributed by atoms with Gasteiger partial charge in [0, 0.05) is 11.1 Å². The van der Waals surface area contributed by atoms with Crippen molar-refractivity contribution in [1.82, 2.24) is 0 Å². The fourth-order valence-electron chi connectivity index (χ4n) is 4.47. The molecular weight excluding hydrogens is 432 g/mol. The van der Waals surface area contributed by atoms with Crippen LogP contribution >= 0.6 is 0 Å². The average Bonchev–Trinajstić information content (AvgIpc) is 2.85. The summed E-state index contributed by atoms with van der Waals surface area (Å²) in [6.07, 6.45) is 0. The van der Waals surface area contributed by atoms with E-state index in [1.54, 1.807) is 26.4 Å². The molecule has 6 heteroatoms. The van der Waals surface area contributed by atoms with Gasteiger partial charge in [-0.25, -0.2) is 9.59 Å². The summed E-state index contributed by atoms with van der Waals surface area (Å²) >= 11 is 0. The normalized spacial score (nSPS) is 10.9. The fourth-order valence-corrected chi connectivity index (χ4v) is 4.47. The van der Waals surface area contributed by atoms with Crippen LogP contribution in [0.5, 0.6) is 11.5 Å². The maximum Gasteiger partial charge on any atom is 0.338 e. The lowest BCUT2D eigenvalue weighted by Gasteiger charge is -2.19. The maximum absolute atomic E-state index is 12.9. The standard InChI is InChI=1S/C28H26O6/c1-15-11-17-7-9-19(27(29)33-5)25(21(17)13-23(15)31-3)26-20(28(30)34-6)10-8-18-12-16(2)24(32-4)14-22(18)26/h7-14H,1-6H3. The highest BCUT2D eigenvalue weighted by Crippen LogP contribution is 2.42. The van der Waals surface area contributed by atoms with Gasteiger partial charge in [0.1, 0.15) is 11.5 Å². The van der Waals surface area contributed by atoms with Gasteiger partial charge < -0.3 is 18.9 Å². The highest BCUT2D eigenvalue weighted by molar-refractivity contribution is 6.18. The second-order valence-corrected chi connectivity index (χ2v) is 8.05. The number of carbonyl (C=O) groups is 2. The number of esters is 2. The summed E-state index contributed by atoms with van der Waals surface area (Å²) in [5, 5.41) is 3.30. The number of carbonyl (C=O) groups excluding carboxylic acids is 2. The van der Waals surface area contributed by atoms with Crippen molar-refractivity contribution in [1.29, 1.82) is 0 Å². The third-order valence-electron chi connectivity index (χ3n) is 6.13. The number of methoxy groups -OCH3 is 4. The molecule has 0 spiro atoms. The summed E-state index contributed by atoms with van der Waals surface area (Å²) in [5.74, 6) is 0.319. The van der Waals surface area contributed by atoms with Crippen LogP contribution in [0.25, 0.3) is 32.7 Å². The van der Waals surface area contributed by atoms with Crippen LogP contribution < -0.4 is 9.47 Å². The molecule has 0 heterocycles. The SMILES string of the molecule is COC(=O)c1ccc2cc(C)c(OC)cc2c1-c1c(C(=O)OC)ccc2cc(C)c(OC)cc12. The molecule has 4 aromatic carbocycles. The van der Waals surface area contributed by atoms with Gasteiger partial charge in [-0.3, -0.25) is 0 Å². The number of benzene rings is 4. The zero-order valence-corrected chi connectivity index (χ0v) is 20.1. The van der Waals surface area contributed by atoms with E-state index in [9.17, 15) is 9.59 Å². The van der Waals surface area contributed by atoms with E-state index >= 15 is 0 Å². The molecule has 6 nitrogen and oxygen atoms in total. The summed E-state index contributed by atoms with van der Waals surface area (Å²) in [7, 11) is 5.87. The third kappa shape index (κ3) is 3.71. The van der Waals surface area contributed by atoms with Gasteiger partial charge in [-0.15, -0.1) is 0 Å². The molecule has 4 rings (SSSR count). The molecule has 0 fully saturated rings. The molecule has 0 amide bonds. The van der Waals surface area contributed by atoms with Crippen molar-refractivity contribution in [2.75, 3.05) is 28.4 Å². The van der Waals surface area contributed by atoms with Gasteiger partial charge in [-0.2, -0.15) is 0 Å². The molecule has 0 unspecified atom stereocenters. The monoisotopic (exact) mass is 458 g/mol. The molecule has 0 saturated heterocycles. The molecule has 0 bridgehead atoms. The molecule has 0 aliphatic carbocycles. The Morgan fingerprint density at radius 2 is 0.971 bits per heavy atom. The van der Waals surface area contributed by atoms with Crippen molar-refractivity contribution in [3.8, 4) is 22.6 Å². The fraction of sp³-hybridized carbons (Fsp3) is 0.214. The lowest BCUT2D eigenvalue weighted by molar-refractivity contribution is 0.0590. The lowest BCUT2D eigenvalue weighted by Crippen LogP contribution is -2.09. The Bertz CT molecular complexity index is 1340. The number of hydrogen-bond acceptors (Lipinski definition) is 6. The van der Waals surface area contributed by atoms with E-state index in [2.05, 4.69) is 0 Å². The van der Waals surface area contributed by atoms with E-state index in [1.165, 1.54) is 14.2 Å². The van der Waals surface area contributed by atoms with Crippen LogP contribution in [0.15, 0.2) is 48.5 Å². The first-order valence-corrected chi connectivity index (χ1v) is 10.7. The smallest absolute Gasteiger partial charge is 0.338 e. The van der Waals surface area contributed by atoms with Gasteiger partial charge in [0.2, 0.25) is 0 Å². The summed E-state index contributed by atoms with van der Waals surface area (Å²) in [6.45, 7) is 3.91. The minimum atomic E-state index is -0.511. The predicted molar refractivity (Wildman–Crippen MR) is 132 cm³/mol. The van der Waals surface area contributed by atoms with Gasteiger partial charge in [-0.05, 0) is 82.9 Å². The zero-order chi connectivity index (χ0) is 24.6. The maximum atomic E-state index is 12.9. The van der Waals surface area contributed by atoms with Crippen LogP contribution in [-0.2, 0) is 9.47 Å². The van der Waals surface area contributed by atoms with Crippen LogP contribution in [0, 0.1) is 13.8 Å². The second-order valence-electron chi connectivity index (χ2n) is 8.05. The third-order valence-corrected chi connectivity index (χ3v) is 6.13. The minimum Gasteiger partial charge on any atom is -0.496 e. The highest BCUT2D eigenvalue weighted by Gasteiger charge is 2.25. The van der Waals surface area contributed by atoms with Crippen molar-refractivity contribution in [2.45, 2.75) is 13.8 Å². The van der Waals surface area contributed by atoms with Crippen LogP contribution in [-0.4, -0.2) is 40.4 Å².